The first-order valence-corrected chi connectivity index (χ1v) is 2.79. The highest BCUT2D eigenvalue weighted by molar-refractivity contribution is 6.37. The van der Waals surface area contributed by atoms with Gasteiger partial charge in [0.2, 0.25) is 0 Å². The standard InChI is InChI=1S/C6H10N2O2/c1-4(7)3-5(8-2)6(9)10/h3H,7H2,1-2H3,(H,9,10)/p+1. The quantitative estimate of drug-likeness (QED) is 0.394. The van der Waals surface area contributed by atoms with Crippen molar-refractivity contribution in [2.45, 2.75) is 6.92 Å². The molecule has 0 saturated carbocycles. The van der Waals surface area contributed by atoms with Crippen LogP contribution in [0.3, 0.4) is 0 Å². The van der Waals surface area contributed by atoms with Crippen LogP contribution in [0.25, 0.3) is 0 Å². The molecule has 0 amide bonds. The highest BCUT2D eigenvalue weighted by Gasteiger charge is 2.09. The predicted molar refractivity (Wildman–Crippen MR) is 37.5 cm³/mol. The lowest BCUT2D eigenvalue weighted by Gasteiger charge is -1.86. The molecule has 0 aromatic heterocycles. The van der Waals surface area contributed by atoms with Crippen LogP contribution in [0.4, 0.5) is 0 Å². The molecule has 0 bridgehead atoms. The molecule has 0 aromatic carbocycles. The molecule has 0 rings (SSSR count). The average Bonchev–Trinajstić information content (AvgIpc) is 1.81. The van der Waals surface area contributed by atoms with Crippen molar-refractivity contribution in [3.63, 3.8) is 0 Å². The van der Waals surface area contributed by atoms with Crippen molar-refractivity contribution < 1.29 is 14.9 Å². The van der Waals surface area contributed by atoms with Crippen LogP contribution in [-0.2, 0) is 4.79 Å². The molecule has 0 fully saturated rings. The Kier molecular flexibility index (Phi) is 3.17. The van der Waals surface area contributed by atoms with Crippen LogP contribution in [0.2, 0.25) is 0 Å². The Labute approximate surface area is 59.1 Å². The normalized spacial score (nSPS) is 13.4. The van der Waals surface area contributed by atoms with E-state index in [-0.39, 0.29) is 5.71 Å². The topological polar surface area (TPSA) is 77.3 Å². The van der Waals surface area contributed by atoms with E-state index >= 15 is 0 Å². The molecule has 0 atom stereocenters. The molecule has 0 aliphatic rings. The van der Waals surface area contributed by atoms with E-state index < -0.39 is 5.97 Å². The number of carboxylic acids is 1. The van der Waals surface area contributed by atoms with Gasteiger partial charge < -0.3 is 10.8 Å². The molecular weight excluding hydrogens is 132 g/mol. The van der Waals surface area contributed by atoms with E-state index in [1.165, 1.54) is 13.1 Å². The summed E-state index contributed by atoms with van der Waals surface area (Å²) in [5.74, 6) is -1.01. The Balaban J connectivity index is 4.42. The van der Waals surface area contributed by atoms with Crippen molar-refractivity contribution in [2.24, 2.45) is 5.73 Å². The lowest BCUT2D eigenvalue weighted by Crippen LogP contribution is -2.69. The van der Waals surface area contributed by atoms with Crippen molar-refractivity contribution >= 4 is 11.7 Å². The van der Waals surface area contributed by atoms with Crippen LogP contribution in [0.1, 0.15) is 6.92 Å². The monoisotopic (exact) mass is 143 g/mol. The Bertz CT molecular complexity index is 190. The summed E-state index contributed by atoms with van der Waals surface area (Å²) in [6, 6.07) is 0. The fourth-order valence-corrected chi connectivity index (χ4v) is 0.469. The minimum atomic E-state index is -1.01. The van der Waals surface area contributed by atoms with E-state index in [1.54, 1.807) is 6.92 Å². The summed E-state index contributed by atoms with van der Waals surface area (Å²) >= 11 is 0. The molecule has 56 valence electrons. The lowest BCUT2D eigenvalue weighted by atomic mass is 10.3. The molecule has 0 saturated heterocycles. The van der Waals surface area contributed by atoms with Crippen LogP contribution in [0, 0.1) is 0 Å². The lowest BCUT2D eigenvalue weighted by molar-refractivity contribution is -0.418. The molecule has 0 spiro atoms. The van der Waals surface area contributed by atoms with Gasteiger partial charge in [0.25, 0.3) is 5.71 Å². The summed E-state index contributed by atoms with van der Waals surface area (Å²) < 4.78 is 0. The van der Waals surface area contributed by atoms with Gasteiger partial charge in [-0.25, -0.2) is 9.79 Å². The molecular formula is C6H11N2O2+. The Morgan fingerprint density at radius 3 is 2.30 bits per heavy atom. The van der Waals surface area contributed by atoms with E-state index in [4.69, 9.17) is 10.8 Å². The zero-order valence-corrected chi connectivity index (χ0v) is 6.01. The molecule has 4 N–H and O–H groups in total. The average molecular weight is 143 g/mol. The highest BCUT2D eigenvalue weighted by Crippen LogP contribution is 1.79. The van der Waals surface area contributed by atoms with Gasteiger partial charge in [-0.2, -0.15) is 0 Å². The van der Waals surface area contributed by atoms with Crippen LogP contribution in [-0.4, -0.2) is 23.8 Å². The largest absolute Gasteiger partial charge is 0.473 e. The van der Waals surface area contributed by atoms with Crippen molar-refractivity contribution in [1.82, 2.24) is 0 Å². The van der Waals surface area contributed by atoms with Crippen molar-refractivity contribution in [3.8, 4) is 0 Å². The molecule has 0 aromatic rings. The summed E-state index contributed by atoms with van der Waals surface area (Å²) in [5.41, 5.74) is 5.81. The maximum atomic E-state index is 10.3. The molecule has 4 nitrogen and oxygen atoms in total. The van der Waals surface area contributed by atoms with E-state index in [0.29, 0.717) is 5.70 Å². The summed E-state index contributed by atoms with van der Waals surface area (Å²) in [6.45, 7) is 1.63. The predicted octanol–water partition coefficient (Wildman–Crippen LogP) is -1.92. The van der Waals surface area contributed by atoms with E-state index in [2.05, 4.69) is 4.99 Å². The van der Waals surface area contributed by atoms with Crippen LogP contribution in [0.5, 0.6) is 0 Å². The summed E-state index contributed by atoms with van der Waals surface area (Å²) in [6.07, 6.45) is 1.36. The number of nitrogens with two attached hydrogens (primary N) is 1. The molecule has 0 aliphatic carbocycles. The minimum absolute atomic E-state index is 0.0972. The van der Waals surface area contributed by atoms with Gasteiger partial charge in [0, 0.05) is 11.8 Å². The first kappa shape index (κ1) is 8.68. The van der Waals surface area contributed by atoms with E-state index in [1.807, 2.05) is 0 Å². The number of carboxylic acid groups (broad SMARTS) is 1. The first-order chi connectivity index (χ1) is 4.57. The SMILES string of the molecule is C[NH+]=C(C=C(C)N)C(=O)O. The third-order valence-electron chi connectivity index (χ3n) is 0.872. The summed E-state index contributed by atoms with van der Waals surface area (Å²) in [5, 5.41) is 8.42. The Morgan fingerprint density at radius 2 is 2.20 bits per heavy atom. The number of nitrogens with one attached hydrogen (secondary N) is 1. The van der Waals surface area contributed by atoms with E-state index in [0.717, 1.165) is 0 Å². The third kappa shape index (κ3) is 2.86. The highest BCUT2D eigenvalue weighted by atomic mass is 16.4. The maximum Gasteiger partial charge on any atom is 0.400 e. The third-order valence-corrected chi connectivity index (χ3v) is 0.872. The number of carbonyl (C=O) groups is 1. The number of rotatable bonds is 2. The molecule has 10 heavy (non-hydrogen) atoms. The second-order valence-electron chi connectivity index (χ2n) is 1.86. The Hall–Kier alpha value is -1.32. The van der Waals surface area contributed by atoms with Crippen LogP contribution < -0.4 is 10.7 Å². The second kappa shape index (κ2) is 3.66. The van der Waals surface area contributed by atoms with Crippen LogP contribution >= 0.6 is 0 Å². The van der Waals surface area contributed by atoms with Gasteiger partial charge in [-0.1, -0.05) is 0 Å². The zero-order chi connectivity index (χ0) is 8.15. The number of hydrogen-bond donors (Lipinski definition) is 3. The van der Waals surface area contributed by atoms with Crippen LogP contribution in [0.15, 0.2) is 11.8 Å². The number of hydrogen-bond acceptors (Lipinski definition) is 2. The summed E-state index contributed by atoms with van der Waals surface area (Å²) in [7, 11) is 1.53. The molecule has 4 heteroatoms. The zero-order valence-electron chi connectivity index (χ0n) is 6.01. The van der Waals surface area contributed by atoms with Gasteiger partial charge in [0.15, 0.2) is 0 Å². The van der Waals surface area contributed by atoms with Crippen molar-refractivity contribution in [2.75, 3.05) is 7.05 Å². The van der Waals surface area contributed by atoms with Gasteiger partial charge in [0.1, 0.15) is 7.05 Å². The smallest absolute Gasteiger partial charge is 0.400 e. The molecule has 0 heterocycles. The van der Waals surface area contributed by atoms with Gasteiger partial charge >= 0.3 is 5.97 Å². The number of aliphatic carboxylic acids is 1. The van der Waals surface area contributed by atoms with E-state index in [9.17, 15) is 4.79 Å². The van der Waals surface area contributed by atoms with Crippen molar-refractivity contribution in [1.29, 1.82) is 0 Å². The molecule has 0 unspecified atom stereocenters. The van der Waals surface area contributed by atoms with Crippen molar-refractivity contribution in [3.05, 3.63) is 11.8 Å². The maximum absolute atomic E-state index is 10.3. The Morgan fingerprint density at radius 1 is 1.70 bits per heavy atom. The van der Waals surface area contributed by atoms with Gasteiger partial charge in [-0.15, -0.1) is 0 Å². The molecule has 0 radical (unpaired) electrons. The number of allylic oxidation sites excluding steroid dienone is 1. The van der Waals surface area contributed by atoms with Gasteiger partial charge in [0.05, 0.1) is 0 Å². The second-order valence-corrected chi connectivity index (χ2v) is 1.86. The fourth-order valence-electron chi connectivity index (χ4n) is 0.469. The van der Waals surface area contributed by atoms with Gasteiger partial charge in [-0.3, -0.25) is 0 Å². The first-order valence-electron chi connectivity index (χ1n) is 2.79. The minimum Gasteiger partial charge on any atom is -0.473 e. The molecule has 0 aliphatic heterocycles. The van der Waals surface area contributed by atoms with Gasteiger partial charge in [-0.05, 0) is 6.92 Å². The fraction of sp³-hybridized carbons (Fsp3) is 0.333. The summed E-state index contributed by atoms with van der Waals surface area (Å²) in [4.78, 5) is 12.8.